The third-order valence-electron chi connectivity index (χ3n) is 2.00. The zero-order valence-electron chi connectivity index (χ0n) is 6.48. The lowest BCUT2D eigenvalue weighted by molar-refractivity contribution is 0.286. The van der Waals surface area contributed by atoms with Crippen LogP contribution in [0.2, 0.25) is 0 Å². The van der Waals surface area contributed by atoms with Crippen LogP contribution in [0, 0.1) is 17.2 Å². The van der Waals surface area contributed by atoms with Crippen molar-refractivity contribution in [1.82, 2.24) is 4.67 Å². The van der Waals surface area contributed by atoms with Gasteiger partial charge in [0.05, 0.1) is 6.07 Å². The molecule has 0 aromatic heterocycles. The van der Waals surface area contributed by atoms with Crippen molar-refractivity contribution in [3.05, 3.63) is 0 Å². The van der Waals surface area contributed by atoms with Crippen molar-refractivity contribution >= 4 is 18.1 Å². The van der Waals surface area contributed by atoms with E-state index in [0.717, 1.165) is 0 Å². The Morgan fingerprint density at radius 1 is 1.58 bits per heavy atom. The molecule has 0 radical (unpaired) electrons. The molecular weight excluding hydrogens is 199 g/mol. The molecule has 4 nitrogen and oxygen atoms in total. The molecule has 1 aliphatic rings. The van der Waals surface area contributed by atoms with Crippen LogP contribution in [0.25, 0.3) is 0 Å². The quantitative estimate of drug-likeness (QED) is 0.665. The van der Waals surface area contributed by atoms with E-state index in [4.69, 9.17) is 21.4 Å². The molecule has 0 saturated carbocycles. The lowest BCUT2D eigenvalue weighted by Crippen LogP contribution is -2.29. The summed E-state index contributed by atoms with van der Waals surface area (Å²) >= 11 is 5.26. The van der Waals surface area contributed by atoms with Crippen molar-refractivity contribution in [2.75, 3.05) is 13.1 Å². The second kappa shape index (κ2) is 3.76. The molecule has 1 fully saturated rings. The van der Waals surface area contributed by atoms with Crippen LogP contribution < -0.4 is 0 Å². The maximum absolute atomic E-state index is 10.9. The first-order valence-corrected chi connectivity index (χ1v) is 6.23. The van der Waals surface area contributed by atoms with Gasteiger partial charge in [-0.3, -0.25) is 4.57 Å². The molecule has 1 rings (SSSR count). The van der Waals surface area contributed by atoms with Crippen molar-refractivity contribution in [3.8, 4) is 6.07 Å². The molecule has 1 unspecified atom stereocenters. The first-order chi connectivity index (χ1) is 5.54. The van der Waals surface area contributed by atoms with E-state index >= 15 is 0 Å². The van der Waals surface area contributed by atoms with E-state index in [0.29, 0.717) is 25.9 Å². The largest absolute Gasteiger partial charge is 0.360 e. The Morgan fingerprint density at radius 3 is 2.42 bits per heavy atom. The number of rotatable bonds is 1. The second-order valence-corrected chi connectivity index (χ2v) is 5.66. The van der Waals surface area contributed by atoms with Crippen LogP contribution in [0.1, 0.15) is 12.8 Å². The van der Waals surface area contributed by atoms with Crippen LogP contribution in [-0.2, 0) is 4.57 Å². The van der Waals surface area contributed by atoms with Gasteiger partial charge in [0.15, 0.2) is 0 Å². The van der Waals surface area contributed by atoms with Crippen molar-refractivity contribution in [3.63, 3.8) is 0 Å². The molecule has 1 atom stereocenters. The summed E-state index contributed by atoms with van der Waals surface area (Å²) in [5.41, 5.74) is 0. The van der Waals surface area contributed by atoms with Gasteiger partial charge in [0.2, 0.25) is 0 Å². The maximum atomic E-state index is 10.9. The lowest BCUT2D eigenvalue weighted by atomic mass is 10.0. The first kappa shape index (κ1) is 10.0. The number of hydrogen-bond acceptors (Lipinski definition) is 2. The number of nitriles is 1. The van der Waals surface area contributed by atoms with Crippen molar-refractivity contribution in [2.24, 2.45) is 5.92 Å². The van der Waals surface area contributed by atoms with E-state index in [1.54, 1.807) is 0 Å². The molecule has 0 aromatic rings. The minimum Gasteiger partial charge on any atom is -0.322 e. The number of nitrogens with zero attached hydrogens (tertiary/aromatic N) is 2. The van der Waals surface area contributed by atoms with Gasteiger partial charge in [0.25, 0.3) is 0 Å². The van der Waals surface area contributed by atoms with Gasteiger partial charge in [-0.1, -0.05) is 0 Å². The van der Waals surface area contributed by atoms with Crippen molar-refractivity contribution in [2.45, 2.75) is 12.8 Å². The maximum Gasteiger partial charge on any atom is 0.360 e. The van der Waals surface area contributed by atoms with Crippen molar-refractivity contribution < 1.29 is 9.46 Å². The van der Waals surface area contributed by atoms with E-state index < -0.39 is 6.87 Å². The highest BCUT2D eigenvalue weighted by molar-refractivity contribution is 7.82. The van der Waals surface area contributed by atoms with E-state index in [9.17, 15) is 4.57 Å². The monoisotopic (exact) mass is 208 g/mol. The molecule has 1 aliphatic heterocycles. The van der Waals surface area contributed by atoms with Crippen LogP contribution in [0.5, 0.6) is 0 Å². The summed E-state index contributed by atoms with van der Waals surface area (Å²) in [5, 5.41) is 8.55. The Kier molecular flexibility index (Phi) is 3.14. The highest BCUT2D eigenvalue weighted by Gasteiger charge is 2.29. The van der Waals surface area contributed by atoms with Gasteiger partial charge in [0.1, 0.15) is 0 Å². The predicted octanol–water partition coefficient (Wildman–Crippen LogP) is 1.56. The topological polar surface area (TPSA) is 64.3 Å². The number of halogens is 1. The fraction of sp³-hybridized carbons (Fsp3) is 0.833. The van der Waals surface area contributed by atoms with Crippen LogP contribution in [0.3, 0.4) is 0 Å². The smallest absolute Gasteiger partial charge is 0.322 e. The molecule has 68 valence electrons. The normalized spacial score (nSPS) is 26.1. The van der Waals surface area contributed by atoms with Crippen molar-refractivity contribution in [1.29, 1.82) is 5.26 Å². The molecule has 0 spiro atoms. The minimum atomic E-state index is -3.58. The van der Waals surface area contributed by atoms with Crippen LogP contribution in [0.15, 0.2) is 0 Å². The summed E-state index contributed by atoms with van der Waals surface area (Å²) in [7, 11) is 0. The van der Waals surface area contributed by atoms with Gasteiger partial charge in [-0.05, 0) is 24.1 Å². The fourth-order valence-corrected chi connectivity index (χ4v) is 2.42. The van der Waals surface area contributed by atoms with E-state index in [1.165, 1.54) is 4.67 Å². The highest BCUT2D eigenvalue weighted by Crippen LogP contribution is 2.51. The molecule has 1 N–H and O–H groups in total. The third kappa shape index (κ3) is 2.46. The Hall–Kier alpha value is -0.0700. The Morgan fingerprint density at radius 2 is 2.08 bits per heavy atom. The second-order valence-electron chi connectivity index (χ2n) is 2.83. The van der Waals surface area contributed by atoms with E-state index in [2.05, 4.69) is 6.07 Å². The van der Waals surface area contributed by atoms with Crippen LogP contribution >= 0.6 is 18.1 Å². The van der Waals surface area contributed by atoms with Gasteiger partial charge in [-0.2, -0.15) is 5.26 Å². The molecule has 0 amide bonds. The predicted molar refractivity (Wildman–Crippen MR) is 45.6 cm³/mol. The van der Waals surface area contributed by atoms with Gasteiger partial charge in [0, 0.05) is 19.0 Å². The zero-order chi connectivity index (χ0) is 9.19. The molecule has 12 heavy (non-hydrogen) atoms. The fourth-order valence-electron chi connectivity index (χ4n) is 1.24. The molecule has 0 aromatic carbocycles. The minimum absolute atomic E-state index is 0.0180. The Labute approximate surface area is 76.0 Å². The molecule has 6 heteroatoms. The molecule has 0 bridgehead atoms. The standard InChI is InChI=1S/C6H10ClN2O2P/c7-12(10,11)9-3-1-6(5-8)2-4-9/h6H,1-4H2,(H,10,11). The van der Waals surface area contributed by atoms with Gasteiger partial charge < -0.3 is 4.89 Å². The average Bonchev–Trinajstić information content (AvgIpc) is 2.03. The molecule has 1 saturated heterocycles. The summed E-state index contributed by atoms with van der Waals surface area (Å²) < 4.78 is 12.3. The zero-order valence-corrected chi connectivity index (χ0v) is 8.13. The first-order valence-electron chi connectivity index (χ1n) is 3.71. The third-order valence-corrected chi connectivity index (χ3v) is 3.74. The molecule has 1 heterocycles. The van der Waals surface area contributed by atoms with Gasteiger partial charge >= 0.3 is 6.87 Å². The lowest BCUT2D eigenvalue weighted by Gasteiger charge is -2.28. The van der Waals surface area contributed by atoms with Crippen LogP contribution in [-0.4, -0.2) is 22.7 Å². The van der Waals surface area contributed by atoms with Gasteiger partial charge in [-0.25, -0.2) is 4.67 Å². The number of hydrogen-bond donors (Lipinski definition) is 1. The van der Waals surface area contributed by atoms with Gasteiger partial charge in [-0.15, -0.1) is 0 Å². The van der Waals surface area contributed by atoms with E-state index in [1.807, 2.05) is 0 Å². The number of piperidine rings is 1. The SMILES string of the molecule is N#CC1CCN(P(=O)(O)Cl)CC1. The average molecular weight is 209 g/mol. The summed E-state index contributed by atoms with van der Waals surface area (Å²) in [4.78, 5) is 8.97. The Bertz CT molecular complexity index is 238. The summed E-state index contributed by atoms with van der Waals surface area (Å²) in [6.07, 6.45) is 1.27. The highest BCUT2D eigenvalue weighted by atomic mass is 35.7. The Balaban J connectivity index is 2.48. The van der Waals surface area contributed by atoms with Crippen LogP contribution in [0.4, 0.5) is 0 Å². The van der Waals surface area contributed by atoms with E-state index in [-0.39, 0.29) is 5.92 Å². The summed E-state index contributed by atoms with van der Waals surface area (Å²) in [6, 6.07) is 2.13. The summed E-state index contributed by atoms with van der Waals surface area (Å²) in [5.74, 6) is 0.0180. The summed E-state index contributed by atoms with van der Waals surface area (Å²) in [6.45, 7) is -2.70. The molecular formula is C6H10ClN2O2P. The molecule has 0 aliphatic carbocycles.